The second-order valence-electron chi connectivity index (χ2n) is 3.84. The average Bonchev–Trinajstić information content (AvgIpc) is 2.52. The average molecular weight is 187 g/mol. The standard InChI is InChI=1S/C10H21NO2/c1-4-9(2)11-6-5-10(3)12-7-8-13-10/h9,11H,4-8H2,1-3H3. The van der Waals surface area contributed by atoms with Crippen molar-refractivity contribution >= 4 is 0 Å². The highest BCUT2D eigenvalue weighted by Crippen LogP contribution is 2.21. The maximum absolute atomic E-state index is 5.49. The first-order valence-electron chi connectivity index (χ1n) is 5.17. The van der Waals surface area contributed by atoms with Gasteiger partial charge in [0.1, 0.15) is 0 Å². The Balaban J connectivity index is 2.11. The molecule has 1 unspecified atom stereocenters. The van der Waals surface area contributed by atoms with Crippen LogP contribution in [0.25, 0.3) is 0 Å². The lowest BCUT2D eigenvalue weighted by Gasteiger charge is -2.23. The van der Waals surface area contributed by atoms with Gasteiger partial charge in [0.2, 0.25) is 0 Å². The molecule has 0 spiro atoms. The van der Waals surface area contributed by atoms with Crippen LogP contribution in [-0.4, -0.2) is 31.6 Å². The SMILES string of the molecule is CCC(C)NCCC1(C)OCCO1. The van der Waals surface area contributed by atoms with Crippen molar-refractivity contribution in [2.75, 3.05) is 19.8 Å². The molecule has 1 rings (SSSR count). The maximum Gasteiger partial charge on any atom is 0.166 e. The summed E-state index contributed by atoms with van der Waals surface area (Å²) in [5.41, 5.74) is 0. The van der Waals surface area contributed by atoms with Gasteiger partial charge in [-0.3, -0.25) is 0 Å². The molecule has 1 fully saturated rings. The van der Waals surface area contributed by atoms with E-state index in [9.17, 15) is 0 Å². The van der Waals surface area contributed by atoms with Gasteiger partial charge < -0.3 is 14.8 Å². The van der Waals surface area contributed by atoms with Crippen molar-refractivity contribution in [1.82, 2.24) is 5.32 Å². The predicted molar refractivity (Wildman–Crippen MR) is 52.7 cm³/mol. The summed E-state index contributed by atoms with van der Waals surface area (Å²) >= 11 is 0. The minimum Gasteiger partial charge on any atom is -0.348 e. The van der Waals surface area contributed by atoms with Gasteiger partial charge in [-0.25, -0.2) is 0 Å². The van der Waals surface area contributed by atoms with E-state index in [1.807, 2.05) is 6.92 Å². The molecule has 1 aliphatic rings. The monoisotopic (exact) mass is 187 g/mol. The molecular formula is C10H21NO2. The van der Waals surface area contributed by atoms with Crippen LogP contribution in [0, 0.1) is 0 Å². The summed E-state index contributed by atoms with van der Waals surface area (Å²) in [4.78, 5) is 0. The van der Waals surface area contributed by atoms with Gasteiger partial charge in [0.05, 0.1) is 13.2 Å². The molecule has 0 aromatic carbocycles. The first-order valence-corrected chi connectivity index (χ1v) is 5.17. The highest BCUT2D eigenvalue weighted by atomic mass is 16.7. The van der Waals surface area contributed by atoms with Crippen molar-refractivity contribution in [3.05, 3.63) is 0 Å². The first-order chi connectivity index (χ1) is 6.16. The lowest BCUT2D eigenvalue weighted by atomic mass is 10.2. The van der Waals surface area contributed by atoms with Crippen molar-refractivity contribution in [2.24, 2.45) is 0 Å². The summed E-state index contributed by atoms with van der Waals surface area (Å²) < 4.78 is 11.0. The van der Waals surface area contributed by atoms with E-state index in [1.165, 1.54) is 6.42 Å². The summed E-state index contributed by atoms with van der Waals surface area (Å²) in [6, 6.07) is 0.588. The fourth-order valence-electron chi connectivity index (χ4n) is 1.39. The summed E-state index contributed by atoms with van der Waals surface area (Å²) in [7, 11) is 0. The second kappa shape index (κ2) is 4.94. The molecule has 13 heavy (non-hydrogen) atoms. The Bertz CT molecular complexity index is 144. The molecular weight excluding hydrogens is 166 g/mol. The Kier molecular flexibility index (Phi) is 4.16. The molecule has 78 valence electrons. The minimum atomic E-state index is -0.333. The zero-order valence-corrected chi connectivity index (χ0v) is 8.93. The van der Waals surface area contributed by atoms with Gasteiger partial charge in [0.15, 0.2) is 5.79 Å². The summed E-state index contributed by atoms with van der Waals surface area (Å²) in [5.74, 6) is -0.333. The van der Waals surface area contributed by atoms with Crippen LogP contribution in [0.3, 0.4) is 0 Å². The molecule has 0 saturated carbocycles. The van der Waals surface area contributed by atoms with Crippen LogP contribution >= 0.6 is 0 Å². The molecule has 1 saturated heterocycles. The van der Waals surface area contributed by atoms with Crippen LogP contribution in [0.2, 0.25) is 0 Å². The van der Waals surface area contributed by atoms with Crippen LogP contribution in [0.15, 0.2) is 0 Å². The van der Waals surface area contributed by atoms with Crippen LogP contribution in [0.5, 0.6) is 0 Å². The van der Waals surface area contributed by atoms with Crippen molar-refractivity contribution < 1.29 is 9.47 Å². The quantitative estimate of drug-likeness (QED) is 0.708. The van der Waals surface area contributed by atoms with Gasteiger partial charge in [-0.1, -0.05) is 6.92 Å². The van der Waals surface area contributed by atoms with Crippen LogP contribution < -0.4 is 5.32 Å². The van der Waals surface area contributed by atoms with Crippen LogP contribution in [0.4, 0.5) is 0 Å². The van der Waals surface area contributed by atoms with Crippen molar-refractivity contribution in [2.45, 2.75) is 45.4 Å². The summed E-state index contributed by atoms with van der Waals surface area (Å²) in [6.07, 6.45) is 2.09. The summed E-state index contributed by atoms with van der Waals surface area (Å²) in [6.45, 7) is 8.82. The fraction of sp³-hybridized carbons (Fsp3) is 1.00. The Labute approximate surface area is 80.8 Å². The molecule has 1 N–H and O–H groups in total. The van der Waals surface area contributed by atoms with Crippen molar-refractivity contribution in [1.29, 1.82) is 0 Å². The number of nitrogens with one attached hydrogen (secondary N) is 1. The third kappa shape index (κ3) is 3.63. The molecule has 0 aromatic heterocycles. The number of hydrogen-bond acceptors (Lipinski definition) is 3. The second-order valence-corrected chi connectivity index (χ2v) is 3.84. The van der Waals surface area contributed by atoms with Gasteiger partial charge in [-0.15, -0.1) is 0 Å². The predicted octanol–water partition coefficient (Wildman–Crippen LogP) is 1.53. The van der Waals surface area contributed by atoms with Gasteiger partial charge >= 0.3 is 0 Å². The maximum atomic E-state index is 5.49. The van der Waals surface area contributed by atoms with E-state index in [0.717, 1.165) is 26.2 Å². The first kappa shape index (κ1) is 11.0. The number of rotatable bonds is 5. The van der Waals surface area contributed by atoms with Crippen molar-refractivity contribution in [3.63, 3.8) is 0 Å². The molecule has 1 heterocycles. The third-order valence-corrected chi connectivity index (χ3v) is 2.58. The van der Waals surface area contributed by atoms with Crippen LogP contribution in [0.1, 0.15) is 33.6 Å². The fourth-order valence-corrected chi connectivity index (χ4v) is 1.39. The van der Waals surface area contributed by atoms with Gasteiger partial charge in [-0.05, 0) is 20.3 Å². The third-order valence-electron chi connectivity index (χ3n) is 2.58. The normalized spacial score (nSPS) is 23.3. The molecule has 1 atom stereocenters. The van der Waals surface area contributed by atoms with E-state index in [1.54, 1.807) is 0 Å². The van der Waals surface area contributed by atoms with E-state index in [2.05, 4.69) is 19.2 Å². The number of ether oxygens (including phenoxy) is 2. The highest BCUT2D eigenvalue weighted by Gasteiger charge is 2.30. The van der Waals surface area contributed by atoms with Gasteiger partial charge in [-0.2, -0.15) is 0 Å². The van der Waals surface area contributed by atoms with E-state index >= 15 is 0 Å². The number of hydrogen-bond donors (Lipinski definition) is 1. The van der Waals surface area contributed by atoms with E-state index < -0.39 is 0 Å². The molecule has 0 bridgehead atoms. The smallest absolute Gasteiger partial charge is 0.166 e. The van der Waals surface area contributed by atoms with Crippen molar-refractivity contribution in [3.8, 4) is 0 Å². The molecule has 0 aromatic rings. The summed E-state index contributed by atoms with van der Waals surface area (Å²) in [5, 5.41) is 3.42. The van der Waals surface area contributed by atoms with Crippen LogP contribution in [-0.2, 0) is 9.47 Å². The Morgan fingerprint density at radius 2 is 2.00 bits per heavy atom. The van der Waals surface area contributed by atoms with E-state index in [0.29, 0.717) is 6.04 Å². The highest BCUT2D eigenvalue weighted by molar-refractivity contribution is 4.70. The zero-order valence-electron chi connectivity index (χ0n) is 8.93. The molecule has 0 radical (unpaired) electrons. The van der Waals surface area contributed by atoms with E-state index in [4.69, 9.17) is 9.47 Å². The lowest BCUT2D eigenvalue weighted by Crippen LogP contribution is -2.34. The molecule has 0 aliphatic carbocycles. The molecule has 0 amide bonds. The lowest BCUT2D eigenvalue weighted by molar-refractivity contribution is -0.145. The molecule has 3 nitrogen and oxygen atoms in total. The van der Waals surface area contributed by atoms with E-state index in [-0.39, 0.29) is 5.79 Å². The molecule has 3 heteroatoms. The van der Waals surface area contributed by atoms with Gasteiger partial charge in [0, 0.05) is 19.0 Å². The molecule has 1 aliphatic heterocycles. The Morgan fingerprint density at radius 3 is 2.54 bits per heavy atom. The van der Waals surface area contributed by atoms with Gasteiger partial charge in [0.25, 0.3) is 0 Å². The zero-order chi connectivity index (χ0) is 9.73. The topological polar surface area (TPSA) is 30.5 Å². The Morgan fingerprint density at radius 1 is 1.38 bits per heavy atom. The Hall–Kier alpha value is -0.120. The minimum absolute atomic E-state index is 0.333. The largest absolute Gasteiger partial charge is 0.348 e.